The van der Waals surface area contributed by atoms with Crippen LogP contribution >= 0.6 is 16.5 Å². The van der Waals surface area contributed by atoms with Gasteiger partial charge < -0.3 is 26.2 Å². The number of carbonyl (C=O) groups is 1. The Bertz CT molecular complexity index is 879. The molecule has 26 heavy (non-hydrogen) atoms. The van der Waals surface area contributed by atoms with Gasteiger partial charge in [-0.1, -0.05) is 0 Å². The molecule has 0 spiro atoms. The number of anilines is 1. The van der Waals surface area contributed by atoms with E-state index in [0.717, 1.165) is 0 Å². The standard InChI is InChI=1S/C6H6N2O.C5H5N5.H4O5P2/c7-6(9)5-2-1-3-8-4-5;6-4-3-5(9-1-7-3)10-2-8-4;1-6(2)5-7(3)4/h1-4H,(H2,7,9);1-2H,(H3,6,7,8,9,10);6-7H,(H,1,2)(H,3,4). The molecule has 2 atom stereocenters. The van der Waals surface area contributed by atoms with E-state index in [0.29, 0.717) is 22.5 Å². The van der Waals surface area contributed by atoms with Crippen LogP contribution in [0.15, 0.2) is 37.2 Å². The third kappa shape index (κ3) is 7.92. The summed E-state index contributed by atoms with van der Waals surface area (Å²) < 4.78 is 22.3. The summed E-state index contributed by atoms with van der Waals surface area (Å²) in [6.07, 6.45) is 5.95. The third-order valence-corrected chi connectivity index (χ3v) is 3.77. The van der Waals surface area contributed by atoms with Gasteiger partial charge in [-0.05, 0) is 12.1 Å². The van der Waals surface area contributed by atoms with Crippen LogP contribution in [-0.4, -0.2) is 40.6 Å². The number of nitrogens with two attached hydrogens (primary N) is 2. The number of carbonyl (C=O) groups excluding carboxylic acids is 1. The molecular formula is C11H15N7O6P2. The topological polar surface area (TPSA) is 220 Å². The van der Waals surface area contributed by atoms with Gasteiger partial charge in [0.05, 0.1) is 11.9 Å². The lowest BCUT2D eigenvalue weighted by Crippen LogP contribution is -2.10. The van der Waals surface area contributed by atoms with Crippen LogP contribution in [0.25, 0.3) is 11.2 Å². The maximum Gasteiger partial charge on any atom is 0.323 e. The number of nitrogens with one attached hydrogen (secondary N) is 1. The van der Waals surface area contributed by atoms with Gasteiger partial charge in [-0.15, -0.1) is 0 Å². The molecule has 13 nitrogen and oxygen atoms in total. The maximum absolute atomic E-state index is 10.4. The SMILES string of the molecule is NC(=O)c1cccnc1.Nc1ncnc2nc[nH]c12.O=[PH](O)O[PH](=O)O. The van der Waals surface area contributed by atoms with Gasteiger partial charge in [-0.2, -0.15) is 0 Å². The molecule has 3 heterocycles. The lowest BCUT2D eigenvalue weighted by Gasteiger charge is -1.89. The zero-order valence-electron chi connectivity index (χ0n) is 12.9. The summed E-state index contributed by atoms with van der Waals surface area (Å²) in [6.45, 7) is 0. The van der Waals surface area contributed by atoms with Gasteiger partial charge in [0.1, 0.15) is 11.8 Å². The molecule has 1 amide bonds. The van der Waals surface area contributed by atoms with E-state index in [4.69, 9.17) is 21.3 Å². The average molecular weight is 403 g/mol. The van der Waals surface area contributed by atoms with Crippen LogP contribution in [0.2, 0.25) is 0 Å². The van der Waals surface area contributed by atoms with Gasteiger partial charge in [-0.3, -0.25) is 18.9 Å². The molecule has 3 aromatic heterocycles. The van der Waals surface area contributed by atoms with Crippen LogP contribution in [0.3, 0.4) is 0 Å². The van der Waals surface area contributed by atoms with Crippen molar-refractivity contribution >= 4 is 39.4 Å². The van der Waals surface area contributed by atoms with E-state index in [2.05, 4.69) is 29.2 Å². The number of imidazole rings is 1. The summed E-state index contributed by atoms with van der Waals surface area (Å²) in [6, 6.07) is 3.29. The van der Waals surface area contributed by atoms with Gasteiger partial charge in [0.15, 0.2) is 11.5 Å². The fourth-order valence-electron chi connectivity index (χ4n) is 1.37. The van der Waals surface area contributed by atoms with Crippen molar-refractivity contribution in [1.29, 1.82) is 0 Å². The van der Waals surface area contributed by atoms with E-state index >= 15 is 0 Å². The summed E-state index contributed by atoms with van der Waals surface area (Å²) in [5, 5.41) is 0. The number of nitrogen functional groups attached to an aromatic ring is 1. The van der Waals surface area contributed by atoms with Crippen LogP contribution in [0.1, 0.15) is 10.4 Å². The number of fused-ring (bicyclic) bond motifs is 1. The van der Waals surface area contributed by atoms with Crippen molar-refractivity contribution in [2.24, 2.45) is 5.73 Å². The van der Waals surface area contributed by atoms with Gasteiger partial charge >= 0.3 is 16.5 Å². The average Bonchev–Trinajstić information content (AvgIpc) is 3.06. The van der Waals surface area contributed by atoms with Crippen molar-refractivity contribution < 1.29 is 28.0 Å². The van der Waals surface area contributed by atoms with Crippen molar-refractivity contribution in [1.82, 2.24) is 24.9 Å². The Labute approximate surface area is 147 Å². The van der Waals surface area contributed by atoms with Crippen LogP contribution in [-0.2, 0) is 13.4 Å². The number of rotatable bonds is 3. The summed E-state index contributed by atoms with van der Waals surface area (Å²) in [5.41, 5.74) is 12.2. The molecule has 3 aromatic rings. The number of hydrogen-bond acceptors (Lipinski definition) is 9. The molecule has 0 aliphatic carbocycles. The molecule has 0 radical (unpaired) electrons. The Hall–Kier alpha value is -2.69. The van der Waals surface area contributed by atoms with Gasteiger partial charge in [0.2, 0.25) is 5.91 Å². The van der Waals surface area contributed by atoms with E-state index in [1.807, 2.05) is 0 Å². The number of primary amides is 1. The highest BCUT2D eigenvalue weighted by molar-refractivity contribution is 7.46. The second kappa shape index (κ2) is 11.0. The van der Waals surface area contributed by atoms with Gasteiger partial charge in [-0.25, -0.2) is 19.3 Å². The molecule has 0 aliphatic heterocycles. The molecule has 15 heteroatoms. The number of hydrogen-bond donors (Lipinski definition) is 5. The smallest absolute Gasteiger partial charge is 0.323 e. The molecular weight excluding hydrogens is 388 g/mol. The molecule has 7 N–H and O–H groups in total. The maximum atomic E-state index is 10.4. The zero-order chi connectivity index (χ0) is 19.5. The lowest BCUT2D eigenvalue weighted by atomic mass is 10.3. The molecule has 2 unspecified atom stereocenters. The van der Waals surface area contributed by atoms with Crippen molar-refractivity contribution in [3.63, 3.8) is 0 Å². The Morgan fingerprint density at radius 2 is 1.88 bits per heavy atom. The highest BCUT2D eigenvalue weighted by Crippen LogP contribution is 2.30. The molecule has 0 saturated carbocycles. The third-order valence-electron chi connectivity index (χ3n) is 2.37. The molecule has 0 aliphatic rings. The highest BCUT2D eigenvalue weighted by Gasteiger charge is 1.99. The normalized spacial score (nSPS) is 12.1. The number of H-pyrrole nitrogens is 1. The summed E-state index contributed by atoms with van der Waals surface area (Å²) in [7, 11) is -6.40. The molecule has 0 bridgehead atoms. The fourth-order valence-corrected chi connectivity index (χ4v) is 1.96. The first-order valence-electron chi connectivity index (χ1n) is 6.54. The minimum Gasteiger partial charge on any atom is -0.382 e. The Morgan fingerprint density at radius 3 is 2.31 bits per heavy atom. The van der Waals surface area contributed by atoms with E-state index < -0.39 is 22.4 Å². The molecule has 3 rings (SSSR count). The van der Waals surface area contributed by atoms with Crippen LogP contribution < -0.4 is 11.5 Å². The largest absolute Gasteiger partial charge is 0.382 e. The minimum absolute atomic E-state index is 0.433. The predicted octanol–water partition coefficient (Wildman–Crippen LogP) is -0.117. The Balaban J connectivity index is 0.000000199. The van der Waals surface area contributed by atoms with Crippen molar-refractivity contribution in [3.05, 3.63) is 42.7 Å². The van der Waals surface area contributed by atoms with Crippen molar-refractivity contribution in [2.45, 2.75) is 0 Å². The molecule has 0 fully saturated rings. The van der Waals surface area contributed by atoms with E-state index in [9.17, 15) is 13.9 Å². The fraction of sp³-hybridized carbons (Fsp3) is 0. The second-order valence-electron chi connectivity index (χ2n) is 4.10. The number of amides is 1. The Kier molecular flexibility index (Phi) is 9.06. The van der Waals surface area contributed by atoms with E-state index in [1.165, 1.54) is 18.9 Å². The highest BCUT2D eigenvalue weighted by atomic mass is 31.2. The van der Waals surface area contributed by atoms with Crippen LogP contribution in [0.4, 0.5) is 5.82 Å². The number of nitrogens with zero attached hydrogens (tertiary/aromatic N) is 4. The van der Waals surface area contributed by atoms with Crippen molar-refractivity contribution in [3.8, 4) is 0 Å². The quantitative estimate of drug-likeness (QED) is 0.363. The first-order chi connectivity index (χ1) is 12.3. The molecule has 0 saturated heterocycles. The predicted molar refractivity (Wildman–Crippen MR) is 92.4 cm³/mol. The van der Waals surface area contributed by atoms with Gasteiger partial charge in [0, 0.05) is 12.4 Å². The summed E-state index contributed by atoms with van der Waals surface area (Å²) >= 11 is 0. The van der Waals surface area contributed by atoms with E-state index in [1.54, 1.807) is 18.3 Å². The van der Waals surface area contributed by atoms with Crippen LogP contribution in [0.5, 0.6) is 0 Å². The van der Waals surface area contributed by atoms with Crippen molar-refractivity contribution in [2.75, 3.05) is 5.73 Å². The van der Waals surface area contributed by atoms with E-state index in [-0.39, 0.29) is 0 Å². The first-order valence-corrected chi connectivity index (χ1v) is 9.07. The second-order valence-corrected chi connectivity index (χ2v) is 5.98. The summed E-state index contributed by atoms with van der Waals surface area (Å²) in [5.74, 6) is -0.00870. The zero-order valence-corrected chi connectivity index (χ0v) is 14.9. The monoisotopic (exact) mass is 403 g/mol. The van der Waals surface area contributed by atoms with Crippen LogP contribution in [0, 0.1) is 0 Å². The Morgan fingerprint density at radius 1 is 1.19 bits per heavy atom. The minimum atomic E-state index is -3.20. The number of aromatic nitrogens is 5. The number of pyridine rings is 1. The molecule has 140 valence electrons. The first kappa shape index (κ1) is 21.4. The number of aromatic amines is 1. The summed E-state index contributed by atoms with van der Waals surface area (Å²) in [4.78, 5) is 43.9. The molecule has 0 aromatic carbocycles. The lowest BCUT2D eigenvalue weighted by molar-refractivity contribution is 0.1000. The van der Waals surface area contributed by atoms with Gasteiger partial charge in [0.25, 0.3) is 0 Å².